The molecular weight excluding hydrogens is 445 g/mol. The molecule has 33 heavy (non-hydrogen) atoms. The molecule has 1 amide bonds. The number of carbonyl (C=O) groups is 1. The molecule has 2 aromatic rings. The van der Waals surface area contributed by atoms with E-state index in [9.17, 15) is 17.6 Å². The van der Waals surface area contributed by atoms with Crippen molar-refractivity contribution < 1.29 is 17.6 Å². The third-order valence-corrected chi connectivity index (χ3v) is 7.49. The summed E-state index contributed by atoms with van der Waals surface area (Å²) in [4.78, 5) is 19.7. The highest BCUT2D eigenvalue weighted by atomic mass is 32.2. The first-order chi connectivity index (χ1) is 15.9. The van der Waals surface area contributed by atoms with Gasteiger partial charge in [0.2, 0.25) is 0 Å². The Hall–Kier alpha value is -2.72. The van der Waals surface area contributed by atoms with Crippen LogP contribution in [0.15, 0.2) is 41.4 Å². The zero-order valence-corrected chi connectivity index (χ0v) is 19.3. The van der Waals surface area contributed by atoms with E-state index in [2.05, 4.69) is 20.3 Å². The van der Waals surface area contributed by atoms with Gasteiger partial charge in [-0.1, -0.05) is 25.7 Å². The van der Waals surface area contributed by atoms with Crippen LogP contribution in [-0.4, -0.2) is 51.5 Å². The number of sulfonamides is 1. The Bertz CT molecular complexity index is 1060. The fraction of sp³-hybridized carbons (Fsp3) is 0.478. The van der Waals surface area contributed by atoms with Gasteiger partial charge in [-0.25, -0.2) is 17.8 Å². The molecule has 2 aliphatic rings. The molecule has 4 rings (SSSR count). The molecule has 0 unspecified atom stereocenters. The lowest BCUT2D eigenvalue weighted by molar-refractivity contribution is 0.0933. The Morgan fingerprint density at radius 3 is 2.39 bits per heavy atom. The van der Waals surface area contributed by atoms with Crippen LogP contribution in [0.2, 0.25) is 0 Å². The Morgan fingerprint density at radius 1 is 1.06 bits per heavy atom. The number of rotatable bonds is 6. The first-order valence-electron chi connectivity index (χ1n) is 11.5. The van der Waals surface area contributed by atoms with Gasteiger partial charge >= 0.3 is 0 Å². The predicted molar refractivity (Wildman–Crippen MR) is 125 cm³/mol. The molecular formula is C23H30FN5O3S. The number of nitrogens with one attached hydrogen (secondary N) is 3. The van der Waals surface area contributed by atoms with Crippen molar-refractivity contribution in [3.8, 4) is 0 Å². The Kier molecular flexibility index (Phi) is 7.44. The third kappa shape index (κ3) is 6.00. The van der Waals surface area contributed by atoms with E-state index in [-0.39, 0.29) is 22.5 Å². The number of amides is 1. The van der Waals surface area contributed by atoms with E-state index in [0.717, 1.165) is 50.9 Å². The standard InChI is InChI=1S/C23H30FN5O3S/c24-17-7-9-20(10-8-17)33(31,32)28-19-15-21(22(26-16-19)29-13-11-25-12-14-29)23(30)27-18-5-3-1-2-4-6-18/h7-10,15-16,18,25,28H,1-6,11-14H2,(H,27,30). The summed E-state index contributed by atoms with van der Waals surface area (Å²) < 4.78 is 41.2. The summed E-state index contributed by atoms with van der Waals surface area (Å²) in [6.07, 6.45) is 7.84. The van der Waals surface area contributed by atoms with E-state index in [4.69, 9.17) is 0 Å². The number of hydrogen-bond donors (Lipinski definition) is 3. The van der Waals surface area contributed by atoms with Crippen LogP contribution < -0.4 is 20.3 Å². The molecule has 10 heteroatoms. The first-order valence-corrected chi connectivity index (χ1v) is 13.0. The van der Waals surface area contributed by atoms with Crippen molar-refractivity contribution >= 4 is 27.4 Å². The zero-order valence-electron chi connectivity index (χ0n) is 18.5. The van der Waals surface area contributed by atoms with Crippen LogP contribution >= 0.6 is 0 Å². The highest BCUT2D eigenvalue weighted by molar-refractivity contribution is 7.92. The maximum absolute atomic E-state index is 13.3. The molecule has 8 nitrogen and oxygen atoms in total. The molecule has 3 N–H and O–H groups in total. The fourth-order valence-electron chi connectivity index (χ4n) is 4.32. The molecule has 1 aromatic heterocycles. The summed E-state index contributed by atoms with van der Waals surface area (Å²) in [5.74, 6) is -0.216. The van der Waals surface area contributed by atoms with E-state index in [1.807, 2.05) is 4.90 Å². The number of benzene rings is 1. The molecule has 1 aliphatic carbocycles. The van der Waals surface area contributed by atoms with Crippen molar-refractivity contribution in [2.24, 2.45) is 0 Å². The number of hydrogen-bond acceptors (Lipinski definition) is 6. The van der Waals surface area contributed by atoms with Gasteiger partial charge in [-0.15, -0.1) is 0 Å². The first kappa shape index (κ1) is 23.4. The van der Waals surface area contributed by atoms with Gasteiger partial charge in [0.1, 0.15) is 11.6 Å². The van der Waals surface area contributed by atoms with Crippen molar-refractivity contribution in [2.75, 3.05) is 35.8 Å². The highest BCUT2D eigenvalue weighted by Gasteiger charge is 2.24. The van der Waals surface area contributed by atoms with Gasteiger partial charge < -0.3 is 15.5 Å². The Labute approximate surface area is 194 Å². The van der Waals surface area contributed by atoms with Gasteiger partial charge in [0, 0.05) is 32.2 Å². The maximum Gasteiger partial charge on any atom is 0.261 e. The fourth-order valence-corrected chi connectivity index (χ4v) is 5.36. The zero-order chi connectivity index (χ0) is 23.3. The van der Waals surface area contributed by atoms with E-state index in [1.54, 1.807) is 0 Å². The lowest BCUT2D eigenvalue weighted by Crippen LogP contribution is -2.45. The second-order valence-corrected chi connectivity index (χ2v) is 10.2. The van der Waals surface area contributed by atoms with Crippen LogP contribution in [0.4, 0.5) is 15.9 Å². The summed E-state index contributed by atoms with van der Waals surface area (Å²) in [6.45, 7) is 2.98. The number of piperazine rings is 1. The minimum Gasteiger partial charge on any atom is -0.353 e. The maximum atomic E-state index is 13.3. The second-order valence-electron chi connectivity index (χ2n) is 8.55. The molecule has 0 spiro atoms. The lowest BCUT2D eigenvalue weighted by atomic mass is 10.1. The topological polar surface area (TPSA) is 103 Å². The summed E-state index contributed by atoms with van der Waals surface area (Å²) in [5.41, 5.74) is 0.532. The predicted octanol–water partition coefficient (Wildman–Crippen LogP) is 2.88. The van der Waals surface area contributed by atoms with Gasteiger partial charge in [-0.05, 0) is 43.2 Å². The lowest BCUT2D eigenvalue weighted by Gasteiger charge is -2.30. The SMILES string of the molecule is O=C(NC1CCCCCC1)c1cc(NS(=O)(=O)c2ccc(F)cc2)cnc1N1CCNCC1. The molecule has 2 fully saturated rings. The van der Waals surface area contributed by atoms with Crippen molar-refractivity contribution in [3.05, 3.63) is 47.9 Å². The van der Waals surface area contributed by atoms with Crippen LogP contribution in [0.5, 0.6) is 0 Å². The monoisotopic (exact) mass is 475 g/mol. The van der Waals surface area contributed by atoms with Crippen molar-refractivity contribution in [1.82, 2.24) is 15.6 Å². The van der Waals surface area contributed by atoms with Crippen LogP contribution in [0, 0.1) is 5.82 Å². The van der Waals surface area contributed by atoms with Crippen LogP contribution in [-0.2, 0) is 10.0 Å². The van der Waals surface area contributed by atoms with Crippen molar-refractivity contribution in [3.63, 3.8) is 0 Å². The quantitative estimate of drug-likeness (QED) is 0.555. The molecule has 1 saturated heterocycles. The molecule has 0 radical (unpaired) electrons. The van der Waals surface area contributed by atoms with Gasteiger partial charge in [0.05, 0.1) is 22.3 Å². The summed E-state index contributed by atoms with van der Waals surface area (Å²) in [7, 11) is -3.95. The minimum absolute atomic E-state index is 0.0699. The molecule has 1 aromatic carbocycles. The third-order valence-electron chi connectivity index (χ3n) is 6.09. The Morgan fingerprint density at radius 2 is 1.73 bits per heavy atom. The minimum atomic E-state index is -3.95. The highest BCUT2D eigenvalue weighted by Crippen LogP contribution is 2.25. The molecule has 1 aliphatic heterocycles. The Balaban J connectivity index is 1.60. The number of carbonyl (C=O) groups excluding carboxylic acids is 1. The average molecular weight is 476 g/mol. The molecule has 2 heterocycles. The number of halogens is 1. The van der Waals surface area contributed by atoms with Crippen molar-refractivity contribution in [1.29, 1.82) is 0 Å². The van der Waals surface area contributed by atoms with Crippen LogP contribution in [0.1, 0.15) is 48.9 Å². The number of anilines is 2. The number of aromatic nitrogens is 1. The molecule has 0 atom stereocenters. The van der Waals surface area contributed by atoms with Crippen LogP contribution in [0.25, 0.3) is 0 Å². The molecule has 178 valence electrons. The smallest absolute Gasteiger partial charge is 0.261 e. The average Bonchev–Trinajstić information content (AvgIpc) is 3.08. The number of pyridine rings is 1. The largest absolute Gasteiger partial charge is 0.353 e. The van der Waals surface area contributed by atoms with Gasteiger partial charge in [0.15, 0.2) is 0 Å². The molecule has 1 saturated carbocycles. The summed E-state index contributed by atoms with van der Waals surface area (Å²) in [6, 6.07) is 6.21. The summed E-state index contributed by atoms with van der Waals surface area (Å²) >= 11 is 0. The van der Waals surface area contributed by atoms with Gasteiger partial charge in [-0.3, -0.25) is 9.52 Å². The molecule has 0 bridgehead atoms. The van der Waals surface area contributed by atoms with Crippen LogP contribution in [0.3, 0.4) is 0 Å². The van der Waals surface area contributed by atoms with E-state index in [0.29, 0.717) is 24.5 Å². The summed E-state index contributed by atoms with van der Waals surface area (Å²) in [5, 5.41) is 6.42. The normalized spacial score (nSPS) is 17.9. The van der Waals surface area contributed by atoms with Gasteiger partial charge in [0.25, 0.3) is 15.9 Å². The number of nitrogens with zero attached hydrogens (tertiary/aromatic N) is 2. The van der Waals surface area contributed by atoms with E-state index >= 15 is 0 Å². The second kappa shape index (κ2) is 10.5. The van der Waals surface area contributed by atoms with Crippen molar-refractivity contribution in [2.45, 2.75) is 49.5 Å². The van der Waals surface area contributed by atoms with E-state index in [1.165, 1.54) is 37.2 Å². The van der Waals surface area contributed by atoms with Gasteiger partial charge in [-0.2, -0.15) is 0 Å². The van der Waals surface area contributed by atoms with E-state index < -0.39 is 15.8 Å².